The average molecular weight is 346 g/mol. The van der Waals surface area contributed by atoms with Gasteiger partial charge in [-0.15, -0.1) is 24.8 Å². The van der Waals surface area contributed by atoms with Crippen LogP contribution in [0.25, 0.3) is 0 Å². The van der Waals surface area contributed by atoms with Crippen LogP contribution in [0.15, 0.2) is 18.2 Å². The number of likely N-dealkylation sites (tertiary alicyclic amines) is 1. The number of rotatable bonds is 3. The minimum absolute atomic E-state index is 0. The number of halogens is 2. The van der Waals surface area contributed by atoms with Gasteiger partial charge in [-0.3, -0.25) is 4.79 Å². The van der Waals surface area contributed by atoms with E-state index in [0.717, 1.165) is 51.1 Å². The van der Waals surface area contributed by atoms with Crippen molar-refractivity contribution in [3.8, 4) is 0 Å². The highest BCUT2D eigenvalue weighted by molar-refractivity contribution is 5.94. The van der Waals surface area contributed by atoms with Crippen LogP contribution >= 0.6 is 24.8 Å². The molecule has 6 heteroatoms. The maximum Gasteiger partial charge on any atom is 0.251 e. The topological polar surface area (TPSA) is 44.4 Å². The summed E-state index contributed by atoms with van der Waals surface area (Å²) in [6.45, 7) is 7.29. The third-order valence-electron chi connectivity index (χ3n) is 4.47. The quantitative estimate of drug-likeness (QED) is 0.883. The summed E-state index contributed by atoms with van der Waals surface area (Å²) >= 11 is 0. The van der Waals surface area contributed by atoms with Gasteiger partial charge in [0.25, 0.3) is 5.91 Å². The van der Waals surface area contributed by atoms with Crippen molar-refractivity contribution in [1.29, 1.82) is 0 Å². The van der Waals surface area contributed by atoms with Crippen molar-refractivity contribution in [3.63, 3.8) is 0 Å². The van der Waals surface area contributed by atoms with Crippen LogP contribution in [-0.2, 0) is 13.1 Å². The third-order valence-corrected chi connectivity index (χ3v) is 4.47. The Kier molecular flexibility index (Phi) is 7.63. The Labute approximate surface area is 144 Å². The molecule has 2 aliphatic rings. The Hall–Kier alpha value is -0.810. The van der Waals surface area contributed by atoms with Crippen LogP contribution in [0.3, 0.4) is 0 Å². The van der Waals surface area contributed by atoms with E-state index in [2.05, 4.69) is 28.5 Å². The Morgan fingerprint density at radius 2 is 1.91 bits per heavy atom. The normalized spacial score (nSPS) is 18.0. The Balaban J connectivity index is 0.00000121. The first-order valence-electron chi connectivity index (χ1n) is 7.62. The second kappa shape index (κ2) is 8.73. The standard InChI is InChI=1S/C16H23N3O.2ClH/c1-2-19-7-5-15(6-8-19)18-16(20)12-3-4-13-10-17-11-14(13)9-12;;/h3-4,9,15,17H,2,5-8,10-11H2,1H3,(H,18,20);2*1H. The van der Waals surface area contributed by atoms with Gasteiger partial charge < -0.3 is 15.5 Å². The monoisotopic (exact) mass is 345 g/mol. The number of benzene rings is 1. The SMILES string of the molecule is CCN1CCC(NC(=O)c2ccc3c(c2)CNC3)CC1.Cl.Cl. The summed E-state index contributed by atoms with van der Waals surface area (Å²) in [5.74, 6) is 0.0784. The Morgan fingerprint density at radius 1 is 1.23 bits per heavy atom. The summed E-state index contributed by atoms with van der Waals surface area (Å²) in [6.07, 6.45) is 2.12. The largest absolute Gasteiger partial charge is 0.349 e. The van der Waals surface area contributed by atoms with E-state index in [1.807, 2.05) is 12.1 Å². The maximum absolute atomic E-state index is 12.3. The molecule has 22 heavy (non-hydrogen) atoms. The zero-order valence-corrected chi connectivity index (χ0v) is 14.6. The molecule has 0 bridgehead atoms. The second-order valence-electron chi connectivity index (χ2n) is 5.77. The van der Waals surface area contributed by atoms with Crippen LogP contribution in [0, 0.1) is 0 Å². The fourth-order valence-electron chi connectivity index (χ4n) is 3.10. The molecule has 0 spiro atoms. The number of hydrogen-bond acceptors (Lipinski definition) is 3. The number of fused-ring (bicyclic) bond motifs is 1. The molecule has 4 nitrogen and oxygen atoms in total. The molecule has 0 radical (unpaired) electrons. The minimum atomic E-state index is 0. The number of hydrogen-bond donors (Lipinski definition) is 2. The Bertz CT molecular complexity index is 502. The smallest absolute Gasteiger partial charge is 0.251 e. The lowest BCUT2D eigenvalue weighted by Gasteiger charge is -2.31. The van der Waals surface area contributed by atoms with Gasteiger partial charge in [-0.25, -0.2) is 0 Å². The fraction of sp³-hybridized carbons (Fsp3) is 0.562. The van der Waals surface area contributed by atoms with Gasteiger partial charge in [0.05, 0.1) is 0 Å². The van der Waals surface area contributed by atoms with Crippen molar-refractivity contribution in [1.82, 2.24) is 15.5 Å². The molecule has 1 aromatic rings. The van der Waals surface area contributed by atoms with Gasteiger partial charge in [0, 0.05) is 37.8 Å². The molecular formula is C16H25Cl2N3O. The highest BCUT2D eigenvalue weighted by Crippen LogP contribution is 2.17. The molecule has 1 fully saturated rings. The molecule has 0 unspecified atom stereocenters. The van der Waals surface area contributed by atoms with Gasteiger partial charge in [0.2, 0.25) is 0 Å². The molecule has 1 amide bonds. The molecule has 0 atom stereocenters. The van der Waals surface area contributed by atoms with Gasteiger partial charge in [-0.1, -0.05) is 13.0 Å². The van der Waals surface area contributed by atoms with Crippen LogP contribution in [0.2, 0.25) is 0 Å². The first-order chi connectivity index (χ1) is 9.76. The van der Waals surface area contributed by atoms with Crippen LogP contribution in [0.4, 0.5) is 0 Å². The van der Waals surface area contributed by atoms with E-state index in [-0.39, 0.29) is 30.7 Å². The van der Waals surface area contributed by atoms with Crippen molar-refractivity contribution in [2.24, 2.45) is 0 Å². The predicted octanol–water partition coefficient (Wildman–Crippen LogP) is 2.35. The van der Waals surface area contributed by atoms with E-state index < -0.39 is 0 Å². The van der Waals surface area contributed by atoms with Crippen molar-refractivity contribution in [2.75, 3.05) is 19.6 Å². The summed E-state index contributed by atoms with van der Waals surface area (Å²) in [5.41, 5.74) is 3.38. The molecule has 1 saturated heterocycles. The summed E-state index contributed by atoms with van der Waals surface area (Å²) < 4.78 is 0. The Morgan fingerprint density at radius 3 is 2.59 bits per heavy atom. The lowest BCUT2D eigenvalue weighted by molar-refractivity contribution is 0.0912. The van der Waals surface area contributed by atoms with Gasteiger partial charge in [0.1, 0.15) is 0 Å². The summed E-state index contributed by atoms with van der Waals surface area (Å²) in [4.78, 5) is 14.8. The van der Waals surface area contributed by atoms with Crippen LogP contribution in [0.1, 0.15) is 41.3 Å². The highest BCUT2D eigenvalue weighted by atomic mass is 35.5. The molecule has 2 N–H and O–H groups in total. The summed E-state index contributed by atoms with van der Waals surface area (Å²) in [7, 11) is 0. The van der Waals surface area contributed by atoms with Gasteiger partial charge >= 0.3 is 0 Å². The number of amides is 1. The van der Waals surface area contributed by atoms with Gasteiger partial charge in [0.15, 0.2) is 0 Å². The molecule has 0 aromatic heterocycles. The van der Waals surface area contributed by atoms with Gasteiger partial charge in [-0.2, -0.15) is 0 Å². The van der Waals surface area contributed by atoms with Crippen molar-refractivity contribution in [3.05, 3.63) is 34.9 Å². The zero-order chi connectivity index (χ0) is 13.9. The first kappa shape index (κ1) is 19.2. The lowest BCUT2D eigenvalue weighted by atomic mass is 10.0. The van der Waals surface area contributed by atoms with Crippen molar-refractivity contribution < 1.29 is 4.79 Å². The minimum Gasteiger partial charge on any atom is -0.349 e. The highest BCUT2D eigenvalue weighted by Gasteiger charge is 2.21. The van der Waals surface area contributed by atoms with Crippen LogP contribution < -0.4 is 10.6 Å². The van der Waals surface area contributed by atoms with Crippen LogP contribution in [-0.4, -0.2) is 36.5 Å². The second-order valence-corrected chi connectivity index (χ2v) is 5.77. The number of piperidine rings is 1. The maximum atomic E-state index is 12.3. The van der Waals surface area contributed by atoms with Crippen molar-refractivity contribution in [2.45, 2.75) is 38.9 Å². The van der Waals surface area contributed by atoms with E-state index in [9.17, 15) is 4.79 Å². The molecule has 2 aliphatic heterocycles. The average Bonchev–Trinajstić information content (AvgIpc) is 2.95. The van der Waals surface area contributed by atoms with E-state index in [4.69, 9.17) is 0 Å². The van der Waals surface area contributed by atoms with E-state index in [1.165, 1.54) is 11.1 Å². The molecule has 2 heterocycles. The van der Waals surface area contributed by atoms with Crippen LogP contribution in [0.5, 0.6) is 0 Å². The lowest BCUT2D eigenvalue weighted by Crippen LogP contribution is -2.44. The molecule has 0 aliphatic carbocycles. The van der Waals surface area contributed by atoms with E-state index in [0.29, 0.717) is 6.04 Å². The van der Waals surface area contributed by atoms with Gasteiger partial charge in [-0.05, 0) is 42.6 Å². The number of carbonyl (C=O) groups is 1. The zero-order valence-electron chi connectivity index (χ0n) is 12.9. The molecule has 124 valence electrons. The third kappa shape index (κ3) is 4.35. The first-order valence-corrected chi connectivity index (χ1v) is 7.62. The van der Waals surface area contributed by atoms with E-state index >= 15 is 0 Å². The molecule has 3 rings (SSSR count). The molecule has 0 saturated carbocycles. The van der Waals surface area contributed by atoms with Crippen molar-refractivity contribution >= 4 is 30.7 Å². The number of nitrogens with one attached hydrogen (secondary N) is 2. The summed E-state index contributed by atoms with van der Waals surface area (Å²) in [5, 5.41) is 6.49. The van der Waals surface area contributed by atoms with E-state index in [1.54, 1.807) is 0 Å². The predicted molar refractivity (Wildman–Crippen MR) is 94.1 cm³/mol. The number of nitrogens with zero attached hydrogens (tertiary/aromatic N) is 1. The number of carbonyl (C=O) groups excluding carboxylic acids is 1. The molecular weight excluding hydrogens is 321 g/mol. The molecule has 1 aromatic carbocycles. The fourth-order valence-corrected chi connectivity index (χ4v) is 3.10. The summed E-state index contributed by atoms with van der Waals surface area (Å²) in [6, 6.07) is 6.38.